The van der Waals surface area contributed by atoms with Gasteiger partial charge in [0.05, 0.1) is 0 Å². The van der Waals surface area contributed by atoms with Gasteiger partial charge in [0.2, 0.25) is 0 Å². The van der Waals surface area contributed by atoms with E-state index in [1.54, 1.807) is 14.1 Å². The van der Waals surface area contributed by atoms with E-state index < -0.39 is 10.2 Å². The number of nitrogens with zero attached hydrogens (tertiary/aromatic N) is 2. The topological polar surface area (TPSA) is 66.6 Å². The summed E-state index contributed by atoms with van der Waals surface area (Å²) < 4.78 is 26.8. The highest BCUT2D eigenvalue weighted by Gasteiger charge is 2.29. The highest BCUT2D eigenvalue weighted by atomic mass is 32.2. The van der Waals surface area contributed by atoms with E-state index in [-0.39, 0.29) is 5.41 Å². The third-order valence-electron chi connectivity index (χ3n) is 2.42. The zero-order chi connectivity index (χ0) is 13.0. The predicted molar refractivity (Wildman–Crippen MR) is 67.3 cm³/mol. The lowest BCUT2D eigenvalue weighted by molar-refractivity contribution is 0.256. The van der Waals surface area contributed by atoms with E-state index in [1.807, 2.05) is 20.8 Å². The third-order valence-corrected chi connectivity index (χ3v) is 4.30. The van der Waals surface area contributed by atoms with Crippen LogP contribution in [0.2, 0.25) is 0 Å². The van der Waals surface area contributed by atoms with Crippen molar-refractivity contribution in [2.75, 3.05) is 33.7 Å². The molecular weight excluding hydrogens is 226 g/mol. The first-order chi connectivity index (χ1) is 7.17. The van der Waals surface area contributed by atoms with Crippen LogP contribution in [0.3, 0.4) is 0 Å². The van der Waals surface area contributed by atoms with Crippen molar-refractivity contribution in [1.82, 2.24) is 8.61 Å². The molecular formula is C10H25N3O2S. The van der Waals surface area contributed by atoms with Crippen LogP contribution in [0.5, 0.6) is 0 Å². The normalized spacial score (nSPS) is 13.8. The van der Waals surface area contributed by atoms with Crippen molar-refractivity contribution in [1.29, 1.82) is 0 Å². The van der Waals surface area contributed by atoms with E-state index in [0.29, 0.717) is 19.6 Å². The van der Waals surface area contributed by atoms with E-state index in [9.17, 15) is 8.42 Å². The Morgan fingerprint density at radius 3 is 2.06 bits per heavy atom. The average Bonchev–Trinajstić information content (AvgIpc) is 2.16. The summed E-state index contributed by atoms with van der Waals surface area (Å²) in [4.78, 5) is 0. The van der Waals surface area contributed by atoms with Crippen LogP contribution in [0, 0.1) is 5.41 Å². The lowest BCUT2D eigenvalue weighted by Gasteiger charge is -2.32. The molecule has 6 heteroatoms. The van der Waals surface area contributed by atoms with E-state index in [1.165, 1.54) is 8.61 Å². The van der Waals surface area contributed by atoms with Crippen molar-refractivity contribution >= 4 is 10.2 Å². The molecule has 16 heavy (non-hydrogen) atoms. The fraction of sp³-hybridized carbons (Fsp3) is 1.00. The first-order valence-corrected chi connectivity index (χ1v) is 6.94. The minimum atomic E-state index is -3.33. The van der Waals surface area contributed by atoms with Crippen LogP contribution in [0.25, 0.3) is 0 Å². The maximum absolute atomic E-state index is 12.0. The first-order valence-electron chi connectivity index (χ1n) is 5.55. The average molecular weight is 251 g/mol. The third kappa shape index (κ3) is 4.37. The molecule has 0 saturated heterocycles. The number of rotatable bonds is 7. The van der Waals surface area contributed by atoms with Crippen molar-refractivity contribution in [2.24, 2.45) is 11.1 Å². The van der Waals surface area contributed by atoms with Crippen LogP contribution in [-0.2, 0) is 10.2 Å². The van der Waals surface area contributed by atoms with Crippen LogP contribution < -0.4 is 5.73 Å². The Kier molecular flexibility index (Phi) is 5.89. The van der Waals surface area contributed by atoms with Gasteiger partial charge in [0.1, 0.15) is 0 Å². The summed E-state index contributed by atoms with van der Waals surface area (Å²) in [5, 5.41) is 0. The zero-order valence-electron chi connectivity index (χ0n) is 11.0. The van der Waals surface area contributed by atoms with E-state index in [0.717, 1.165) is 6.42 Å². The Bertz CT molecular complexity index is 299. The van der Waals surface area contributed by atoms with Crippen LogP contribution >= 0.6 is 0 Å². The second-order valence-corrected chi connectivity index (χ2v) is 7.13. The van der Waals surface area contributed by atoms with Crippen LogP contribution in [0.15, 0.2) is 0 Å². The molecule has 0 aromatic rings. The Labute approximate surface area is 99.8 Å². The Morgan fingerprint density at radius 2 is 1.75 bits per heavy atom. The van der Waals surface area contributed by atoms with Gasteiger partial charge in [0, 0.05) is 27.2 Å². The molecule has 0 amide bonds. The second-order valence-electron chi connectivity index (χ2n) is 4.99. The maximum atomic E-state index is 12.0. The molecule has 0 unspecified atom stereocenters. The van der Waals surface area contributed by atoms with Gasteiger partial charge in [-0.05, 0) is 18.4 Å². The highest BCUT2D eigenvalue weighted by Crippen LogP contribution is 2.18. The Morgan fingerprint density at radius 1 is 1.25 bits per heavy atom. The molecule has 0 heterocycles. The molecule has 0 atom stereocenters. The van der Waals surface area contributed by atoms with E-state index in [4.69, 9.17) is 5.73 Å². The van der Waals surface area contributed by atoms with Crippen LogP contribution in [-0.4, -0.2) is 50.8 Å². The monoisotopic (exact) mass is 251 g/mol. The standard InChI is InChI=1S/C10H25N3O2S/c1-6-7-13(9-10(2,3)8-11)16(14,15)12(4)5/h6-9,11H2,1-5H3. The second kappa shape index (κ2) is 5.95. The highest BCUT2D eigenvalue weighted by molar-refractivity contribution is 7.86. The fourth-order valence-electron chi connectivity index (χ4n) is 1.30. The summed E-state index contributed by atoms with van der Waals surface area (Å²) in [5.74, 6) is 0. The summed E-state index contributed by atoms with van der Waals surface area (Å²) in [6.45, 7) is 7.37. The maximum Gasteiger partial charge on any atom is 0.281 e. The molecule has 0 aliphatic rings. The fourth-order valence-corrected chi connectivity index (χ4v) is 2.69. The molecule has 0 aromatic heterocycles. The van der Waals surface area contributed by atoms with Gasteiger partial charge >= 0.3 is 0 Å². The van der Waals surface area contributed by atoms with Gasteiger partial charge in [-0.25, -0.2) is 0 Å². The summed E-state index contributed by atoms with van der Waals surface area (Å²) >= 11 is 0. The summed E-state index contributed by atoms with van der Waals surface area (Å²) in [7, 11) is -0.235. The molecule has 2 N–H and O–H groups in total. The summed E-state index contributed by atoms with van der Waals surface area (Å²) in [5.41, 5.74) is 5.44. The van der Waals surface area contributed by atoms with Crippen molar-refractivity contribution < 1.29 is 8.42 Å². The molecule has 0 rings (SSSR count). The molecule has 98 valence electrons. The molecule has 0 aliphatic carbocycles. The lowest BCUT2D eigenvalue weighted by Crippen LogP contribution is -2.46. The quantitative estimate of drug-likeness (QED) is 0.716. The largest absolute Gasteiger partial charge is 0.330 e. The van der Waals surface area contributed by atoms with E-state index >= 15 is 0 Å². The molecule has 0 aliphatic heterocycles. The first kappa shape index (κ1) is 15.8. The Hall–Kier alpha value is -0.170. The molecule has 0 spiro atoms. The van der Waals surface area contributed by atoms with Gasteiger partial charge in [-0.1, -0.05) is 20.8 Å². The number of nitrogens with two attached hydrogens (primary N) is 1. The van der Waals surface area contributed by atoms with Crippen molar-refractivity contribution in [3.63, 3.8) is 0 Å². The van der Waals surface area contributed by atoms with Crippen LogP contribution in [0.1, 0.15) is 27.2 Å². The lowest BCUT2D eigenvalue weighted by atomic mass is 9.94. The van der Waals surface area contributed by atoms with Crippen molar-refractivity contribution in [3.8, 4) is 0 Å². The van der Waals surface area contributed by atoms with E-state index in [2.05, 4.69) is 0 Å². The number of hydrogen-bond acceptors (Lipinski definition) is 3. The van der Waals surface area contributed by atoms with Gasteiger partial charge < -0.3 is 5.73 Å². The molecule has 0 saturated carbocycles. The van der Waals surface area contributed by atoms with Crippen LogP contribution in [0.4, 0.5) is 0 Å². The van der Waals surface area contributed by atoms with Gasteiger partial charge in [-0.3, -0.25) is 0 Å². The molecule has 0 fully saturated rings. The molecule has 5 nitrogen and oxygen atoms in total. The van der Waals surface area contributed by atoms with Gasteiger partial charge in [0.25, 0.3) is 10.2 Å². The smallest absolute Gasteiger partial charge is 0.281 e. The minimum Gasteiger partial charge on any atom is -0.330 e. The number of hydrogen-bond donors (Lipinski definition) is 1. The summed E-state index contributed by atoms with van der Waals surface area (Å²) in [6, 6.07) is 0. The van der Waals surface area contributed by atoms with Gasteiger partial charge in [-0.15, -0.1) is 0 Å². The van der Waals surface area contributed by atoms with Crippen molar-refractivity contribution in [2.45, 2.75) is 27.2 Å². The van der Waals surface area contributed by atoms with Crippen molar-refractivity contribution in [3.05, 3.63) is 0 Å². The van der Waals surface area contributed by atoms with Gasteiger partial charge in [-0.2, -0.15) is 17.0 Å². The summed E-state index contributed by atoms with van der Waals surface area (Å²) in [6.07, 6.45) is 0.799. The SMILES string of the molecule is CCCN(CC(C)(C)CN)S(=O)(=O)N(C)C. The zero-order valence-corrected chi connectivity index (χ0v) is 11.8. The Balaban J connectivity index is 4.89. The molecule has 0 radical (unpaired) electrons. The predicted octanol–water partition coefficient (Wildman–Crippen LogP) is 0.490. The minimum absolute atomic E-state index is 0.196. The van der Waals surface area contributed by atoms with Gasteiger partial charge in [0.15, 0.2) is 0 Å². The molecule has 0 aromatic carbocycles. The molecule has 0 bridgehead atoms.